The Balaban J connectivity index is 2.48. The highest BCUT2D eigenvalue weighted by Crippen LogP contribution is 2.23. The first-order chi connectivity index (χ1) is 8.86. The topological polar surface area (TPSA) is 50.2 Å². The molecule has 0 aliphatic carbocycles. The predicted molar refractivity (Wildman–Crippen MR) is 79.7 cm³/mol. The van der Waals surface area contributed by atoms with Gasteiger partial charge in [-0.2, -0.15) is 5.10 Å². The van der Waals surface area contributed by atoms with Crippen LogP contribution < -0.4 is 5.56 Å². The van der Waals surface area contributed by atoms with Gasteiger partial charge >= 0.3 is 0 Å². The molecule has 3 aromatic rings. The van der Waals surface area contributed by atoms with Gasteiger partial charge in [-0.15, -0.1) is 0 Å². The molecule has 19 heavy (non-hydrogen) atoms. The number of hydrogen-bond acceptors (Lipinski definition) is 2. The van der Waals surface area contributed by atoms with Gasteiger partial charge in [0.25, 0.3) is 5.56 Å². The van der Waals surface area contributed by atoms with Crippen LogP contribution in [-0.4, -0.2) is 14.6 Å². The maximum Gasteiger partial charge on any atom is 0.259 e. The average molecular weight is 320 g/mol. The zero-order valence-electron chi connectivity index (χ0n) is 11.0. The fourth-order valence-corrected chi connectivity index (χ4v) is 2.42. The van der Waals surface area contributed by atoms with Crippen LogP contribution in [0.3, 0.4) is 0 Å². The van der Waals surface area contributed by atoms with Gasteiger partial charge in [0.05, 0.1) is 16.6 Å². The van der Waals surface area contributed by atoms with Crippen molar-refractivity contribution in [1.29, 1.82) is 0 Å². The number of nitrogens with one attached hydrogen (secondary N) is 1. The van der Waals surface area contributed by atoms with Gasteiger partial charge in [0, 0.05) is 16.0 Å². The molecule has 4 nitrogen and oxygen atoms in total. The molecule has 0 fully saturated rings. The first-order valence-corrected chi connectivity index (χ1v) is 6.87. The Hall–Kier alpha value is -1.62. The molecule has 0 atom stereocenters. The van der Waals surface area contributed by atoms with Gasteiger partial charge in [-0.3, -0.25) is 4.79 Å². The van der Waals surface area contributed by atoms with E-state index in [1.165, 1.54) is 0 Å². The van der Waals surface area contributed by atoms with Crippen molar-refractivity contribution in [1.82, 2.24) is 14.6 Å². The van der Waals surface area contributed by atoms with Crippen molar-refractivity contribution >= 4 is 32.5 Å². The lowest BCUT2D eigenvalue weighted by atomic mass is 9.93. The Morgan fingerprint density at radius 1 is 1.26 bits per heavy atom. The largest absolute Gasteiger partial charge is 0.306 e. The third-order valence-electron chi connectivity index (χ3n) is 3.15. The molecule has 0 spiro atoms. The number of hydrogen-bond donors (Lipinski definition) is 1. The van der Waals surface area contributed by atoms with E-state index in [0.717, 1.165) is 21.3 Å². The van der Waals surface area contributed by atoms with Gasteiger partial charge in [0.2, 0.25) is 0 Å². The van der Waals surface area contributed by atoms with E-state index < -0.39 is 0 Å². The van der Waals surface area contributed by atoms with E-state index in [-0.39, 0.29) is 11.0 Å². The molecule has 1 aromatic carbocycles. The second-order valence-corrected chi connectivity index (χ2v) is 6.61. The van der Waals surface area contributed by atoms with Gasteiger partial charge in [0.1, 0.15) is 5.65 Å². The molecule has 0 radical (unpaired) electrons. The SMILES string of the molecule is CC(C)(C)c1cc2[nH]c(=O)c3ccc(Br)cc3n2n1. The van der Waals surface area contributed by atoms with Crippen molar-refractivity contribution in [2.24, 2.45) is 0 Å². The van der Waals surface area contributed by atoms with E-state index in [0.29, 0.717) is 5.39 Å². The zero-order valence-corrected chi connectivity index (χ0v) is 12.6. The molecule has 0 aliphatic rings. The highest BCUT2D eigenvalue weighted by molar-refractivity contribution is 9.10. The Labute approximate surface area is 118 Å². The van der Waals surface area contributed by atoms with Crippen molar-refractivity contribution in [3.8, 4) is 0 Å². The van der Waals surface area contributed by atoms with Gasteiger partial charge in [0.15, 0.2) is 0 Å². The lowest BCUT2D eigenvalue weighted by molar-refractivity contribution is 0.564. The van der Waals surface area contributed by atoms with E-state index in [2.05, 4.69) is 46.8 Å². The number of aromatic nitrogens is 3. The number of halogens is 1. The normalized spacial score (nSPS) is 12.4. The summed E-state index contributed by atoms with van der Waals surface area (Å²) in [7, 11) is 0. The molecule has 0 aliphatic heterocycles. The van der Waals surface area contributed by atoms with Crippen LogP contribution in [0.1, 0.15) is 26.5 Å². The van der Waals surface area contributed by atoms with E-state index in [1.807, 2.05) is 18.2 Å². The maximum absolute atomic E-state index is 12.1. The number of nitrogens with zero attached hydrogens (tertiary/aromatic N) is 2. The van der Waals surface area contributed by atoms with Crippen LogP contribution in [0.15, 0.2) is 33.5 Å². The van der Waals surface area contributed by atoms with Crippen LogP contribution in [0.2, 0.25) is 0 Å². The van der Waals surface area contributed by atoms with Crippen molar-refractivity contribution in [3.63, 3.8) is 0 Å². The molecule has 0 unspecified atom stereocenters. The minimum absolute atomic E-state index is 0.0543. The Kier molecular flexibility index (Phi) is 2.57. The lowest BCUT2D eigenvalue weighted by Gasteiger charge is -2.13. The minimum atomic E-state index is -0.0876. The summed E-state index contributed by atoms with van der Waals surface area (Å²) in [6, 6.07) is 7.51. The second kappa shape index (κ2) is 3.93. The van der Waals surface area contributed by atoms with Crippen LogP contribution in [0.4, 0.5) is 0 Å². The van der Waals surface area contributed by atoms with Crippen LogP contribution >= 0.6 is 15.9 Å². The quantitative estimate of drug-likeness (QED) is 0.691. The third kappa shape index (κ3) is 1.98. The molecule has 5 heteroatoms. The van der Waals surface area contributed by atoms with Crippen molar-refractivity contribution < 1.29 is 0 Å². The third-order valence-corrected chi connectivity index (χ3v) is 3.65. The van der Waals surface area contributed by atoms with Crippen LogP contribution in [-0.2, 0) is 5.41 Å². The fraction of sp³-hybridized carbons (Fsp3) is 0.286. The summed E-state index contributed by atoms with van der Waals surface area (Å²) in [6.07, 6.45) is 0. The molecule has 2 aromatic heterocycles. The summed E-state index contributed by atoms with van der Waals surface area (Å²) < 4.78 is 2.72. The number of aromatic amines is 1. The summed E-state index contributed by atoms with van der Waals surface area (Å²) in [4.78, 5) is 14.9. The summed E-state index contributed by atoms with van der Waals surface area (Å²) >= 11 is 3.44. The Morgan fingerprint density at radius 3 is 2.68 bits per heavy atom. The molecule has 0 saturated carbocycles. The molecular weight excluding hydrogens is 306 g/mol. The average Bonchev–Trinajstić information content (AvgIpc) is 2.72. The first-order valence-electron chi connectivity index (χ1n) is 6.08. The molecular formula is C14H14BrN3O. The number of H-pyrrole nitrogens is 1. The Morgan fingerprint density at radius 2 is 2.00 bits per heavy atom. The Bertz CT molecular complexity index is 839. The van der Waals surface area contributed by atoms with Gasteiger partial charge in [-0.1, -0.05) is 36.7 Å². The van der Waals surface area contributed by atoms with E-state index in [9.17, 15) is 4.79 Å². The molecule has 0 amide bonds. The van der Waals surface area contributed by atoms with Gasteiger partial charge < -0.3 is 4.98 Å². The summed E-state index contributed by atoms with van der Waals surface area (Å²) in [5.41, 5.74) is 2.34. The predicted octanol–water partition coefficient (Wildman–Crippen LogP) is 3.24. The van der Waals surface area contributed by atoms with Crippen molar-refractivity contribution in [3.05, 3.63) is 44.8 Å². The highest BCUT2D eigenvalue weighted by Gasteiger charge is 2.19. The summed E-state index contributed by atoms with van der Waals surface area (Å²) in [5, 5.41) is 5.26. The molecule has 0 saturated heterocycles. The van der Waals surface area contributed by atoms with Crippen LogP contribution in [0, 0.1) is 0 Å². The van der Waals surface area contributed by atoms with Crippen LogP contribution in [0.5, 0.6) is 0 Å². The molecule has 0 bridgehead atoms. The minimum Gasteiger partial charge on any atom is -0.306 e. The number of benzene rings is 1. The monoisotopic (exact) mass is 319 g/mol. The van der Waals surface area contributed by atoms with Crippen molar-refractivity contribution in [2.75, 3.05) is 0 Å². The van der Waals surface area contributed by atoms with Crippen LogP contribution in [0.25, 0.3) is 16.6 Å². The summed E-state index contributed by atoms with van der Waals surface area (Å²) in [5.74, 6) is 0. The molecule has 1 N–H and O–H groups in total. The number of rotatable bonds is 0. The molecule has 2 heterocycles. The first kappa shape index (κ1) is 12.4. The number of fused-ring (bicyclic) bond motifs is 3. The molecule has 3 rings (SSSR count). The van der Waals surface area contributed by atoms with E-state index in [1.54, 1.807) is 10.6 Å². The zero-order chi connectivity index (χ0) is 13.8. The molecule has 98 valence electrons. The van der Waals surface area contributed by atoms with Gasteiger partial charge in [-0.25, -0.2) is 4.52 Å². The van der Waals surface area contributed by atoms with Gasteiger partial charge in [-0.05, 0) is 18.2 Å². The summed E-state index contributed by atoms with van der Waals surface area (Å²) in [6.45, 7) is 6.31. The van der Waals surface area contributed by atoms with Crippen molar-refractivity contribution in [2.45, 2.75) is 26.2 Å². The maximum atomic E-state index is 12.1. The lowest BCUT2D eigenvalue weighted by Crippen LogP contribution is -2.12. The standard InChI is InChI=1S/C14H14BrN3O/c1-14(2,3)11-7-12-16-13(19)9-5-4-8(15)6-10(9)18(12)17-11/h4-7H,1-3H3,(H,16,19). The fourth-order valence-electron chi connectivity index (χ4n) is 2.08. The smallest absolute Gasteiger partial charge is 0.259 e. The van der Waals surface area contributed by atoms with E-state index >= 15 is 0 Å². The van der Waals surface area contributed by atoms with E-state index in [4.69, 9.17) is 0 Å². The second-order valence-electron chi connectivity index (χ2n) is 5.69. The highest BCUT2D eigenvalue weighted by atomic mass is 79.9.